The molecule has 0 aliphatic heterocycles. The molecule has 1 heteroatoms. The van der Waals surface area contributed by atoms with Gasteiger partial charge in [0, 0.05) is 12.6 Å². The first-order valence-electron chi connectivity index (χ1n) is 5.97. The van der Waals surface area contributed by atoms with Crippen molar-refractivity contribution in [3.05, 3.63) is 0 Å². The molecule has 0 amide bonds. The van der Waals surface area contributed by atoms with Crippen LogP contribution in [0.25, 0.3) is 0 Å². The Morgan fingerprint density at radius 2 is 2.08 bits per heavy atom. The van der Waals surface area contributed by atoms with Crippen molar-refractivity contribution in [2.45, 2.75) is 58.4 Å². The summed E-state index contributed by atoms with van der Waals surface area (Å²) in [6.45, 7) is 5.96. The van der Waals surface area contributed by atoms with E-state index in [4.69, 9.17) is 0 Å². The van der Waals surface area contributed by atoms with E-state index in [0.717, 1.165) is 17.4 Å². The molecule has 0 aromatic heterocycles. The van der Waals surface area contributed by atoms with Gasteiger partial charge < -0.3 is 5.32 Å². The molecule has 2 saturated carbocycles. The SMILES string of the molecule is CCC1(CNC(C)CC2CC2)CC1. The van der Waals surface area contributed by atoms with Crippen LogP contribution < -0.4 is 5.32 Å². The molecule has 1 atom stereocenters. The van der Waals surface area contributed by atoms with E-state index in [1.54, 1.807) is 0 Å². The molecule has 0 bridgehead atoms. The van der Waals surface area contributed by atoms with Crippen LogP contribution >= 0.6 is 0 Å². The van der Waals surface area contributed by atoms with E-state index in [-0.39, 0.29) is 0 Å². The average molecular weight is 181 g/mol. The molecule has 1 nitrogen and oxygen atoms in total. The fourth-order valence-electron chi connectivity index (χ4n) is 2.16. The highest BCUT2D eigenvalue weighted by molar-refractivity contribution is 4.94. The first kappa shape index (κ1) is 9.51. The van der Waals surface area contributed by atoms with Gasteiger partial charge in [-0.15, -0.1) is 0 Å². The fraction of sp³-hybridized carbons (Fsp3) is 1.00. The number of rotatable bonds is 6. The molecule has 0 saturated heterocycles. The lowest BCUT2D eigenvalue weighted by Crippen LogP contribution is -2.32. The highest BCUT2D eigenvalue weighted by Gasteiger charge is 2.40. The van der Waals surface area contributed by atoms with Crippen molar-refractivity contribution >= 4 is 0 Å². The minimum atomic E-state index is 0.720. The molecular weight excluding hydrogens is 158 g/mol. The van der Waals surface area contributed by atoms with Gasteiger partial charge in [0.2, 0.25) is 0 Å². The van der Waals surface area contributed by atoms with Crippen molar-refractivity contribution in [1.82, 2.24) is 5.32 Å². The second-order valence-electron chi connectivity index (χ2n) is 5.31. The van der Waals surface area contributed by atoms with Crippen LogP contribution in [0.15, 0.2) is 0 Å². The van der Waals surface area contributed by atoms with E-state index in [1.165, 1.54) is 45.1 Å². The minimum absolute atomic E-state index is 0.720. The lowest BCUT2D eigenvalue weighted by Gasteiger charge is -2.18. The van der Waals surface area contributed by atoms with Crippen LogP contribution in [0.5, 0.6) is 0 Å². The molecule has 0 heterocycles. The maximum absolute atomic E-state index is 3.71. The van der Waals surface area contributed by atoms with Crippen LogP contribution in [0.2, 0.25) is 0 Å². The molecule has 2 aliphatic rings. The third-order valence-corrected chi connectivity index (χ3v) is 3.92. The monoisotopic (exact) mass is 181 g/mol. The van der Waals surface area contributed by atoms with Crippen LogP contribution in [0.4, 0.5) is 0 Å². The third-order valence-electron chi connectivity index (χ3n) is 3.92. The summed E-state index contributed by atoms with van der Waals surface area (Å²) >= 11 is 0. The Bertz CT molecular complexity index is 168. The van der Waals surface area contributed by atoms with Gasteiger partial charge >= 0.3 is 0 Å². The van der Waals surface area contributed by atoms with E-state index in [1.807, 2.05) is 0 Å². The predicted molar refractivity (Wildman–Crippen MR) is 56.8 cm³/mol. The van der Waals surface area contributed by atoms with Crippen molar-refractivity contribution in [2.75, 3.05) is 6.54 Å². The first-order valence-corrected chi connectivity index (χ1v) is 5.97. The van der Waals surface area contributed by atoms with Gasteiger partial charge in [-0.3, -0.25) is 0 Å². The van der Waals surface area contributed by atoms with E-state index < -0.39 is 0 Å². The average Bonchev–Trinajstić information content (AvgIpc) is 2.98. The van der Waals surface area contributed by atoms with Crippen molar-refractivity contribution in [3.8, 4) is 0 Å². The second-order valence-corrected chi connectivity index (χ2v) is 5.31. The van der Waals surface area contributed by atoms with Crippen LogP contribution in [-0.2, 0) is 0 Å². The number of hydrogen-bond acceptors (Lipinski definition) is 1. The predicted octanol–water partition coefficient (Wildman–Crippen LogP) is 2.95. The zero-order valence-corrected chi connectivity index (χ0v) is 9.10. The van der Waals surface area contributed by atoms with Gasteiger partial charge in [-0.1, -0.05) is 19.8 Å². The summed E-state index contributed by atoms with van der Waals surface area (Å²) in [5.74, 6) is 1.07. The molecule has 0 aromatic rings. The number of nitrogens with one attached hydrogen (secondary N) is 1. The lowest BCUT2D eigenvalue weighted by molar-refractivity contribution is 0.392. The van der Waals surface area contributed by atoms with Crippen LogP contribution in [-0.4, -0.2) is 12.6 Å². The fourth-order valence-corrected chi connectivity index (χ4v) is 2.16. The second kappa shape index (κ2) is 3.61. The maximum Gasteiger partial charge on any atom is 0.00415 e. The Kier molecular flexibility index (Phi) is 2.64. The van der Waals surface area contributed by atoms with Gasteiger partial charge in [-0.2, -0.15) is 0 Å². The summed E-state index contributed by atoms with van der Waals surface area (Å²) in [6, 6.07) is 0.761. The largest absolute Gasteiger partial charge is 0.314 e. The zero-order chi connectivity index (χ0) is 9.31. The van der Waals surface area contributed by atoms with Gasteiger partial charge in [0.15, 0.2) is 0 Å². The molecule has 1 N–H and O–H groups in total. The molecule has 2 aliphatic carbocycles. The Balaban J connectivity index is 1.60. The van der Waals surface area contributed by atoms with Gasteiger partial charge in [0.1, 0.15) is 0 Å². The summed E-state index contributed by atoms with van der Waals surface area (Å²) < 4.78 is 0. The molecule has 76 valence electrons. The zero-order valence-electron chi connectivity index (χ0n) is 9.10. The van der Waals surface area contributed by atoms with Crippen molar-refractivity contribution in [1.29, 1.82) is 0 Å². The molecular formula is C12H23N. The van der Waals surface area contributed by atoms with E-state index >= 15 is 0 Å². The molecule has 2 rings (SSSR count). The van der Waals surface area contributed by atoms with Gasteiger partial charge in [-0.25, -0.2) is 0 Å². The van der Waals surface area contributed by atoms with Crippen molar-refractivity contribution in [2.24, 2.45) is 11.3 Å². The molecule has 2 fully saturated rings. The normalized spacial score (nSPS) is 27.2. The van der Waals surface area contributed by atoms with Gasteiger partial charge in [0.05, 0.1) is 0 Å². The summed E-state index contributed by atoms with van der Waals surface area (Å²) in [6.07, 6.45) is 8.70. The Hall–Kier alpha value is -0.0400. The smallest absolute Gasteiger partial charge is 0.00415 e. The van der Waals surface area contributed by atoms with E-state index in [9.17, 15) is 0 Å². The Morgan fingerprint density at radius 1 is 1.38 bits per heavy atom. The summed E-state index contributed by atoms with van der Waals surface area (Å²) in [7, 11) is 0. The highest BCUT2D eigenvalue weighted by Crippen LogP contribution is 2.48. The molecule has 0 radical (unpaired) electrons. The molecule has 1 unspecified atom stereocenters. The quantitative estimate of drug-likeness (QED) is 0.664. The van der Waals surface area contributed by atoms with Crippen molar-refractivity contribution < 1.29 is 0 Å². The summed E-state index contributed by atoms with van der Waals surface area (Å²) in [4.78, 5) is 0. The van der Waals surface area contributed by atoms with Crippen LogP contribution in [0.1, 0.15) is 52.4 Å². The van der Waals surface area contributed by atoms with Crippen LogP contribution in [0, 0.1) is 11.3 Å². The summed E-state index contributed by atoms with van der Waals surface area (Å²) in [5, 5.41) is 3.71. The van der Waals surface area contributed by atoms with Gasteiger partial charge in [-0.05, 0) is 43.9 Å². The minimum Gasteiger partial charge on any atom is -0.314 e. The standard InChI is InChI=1S/C12H23N/c1-3-12(6-7-12)9-13-10(2)8-11-4-5-11/h10-11,13H,3-9H2,1-2H3. The summed E-state index contributed by atoms with van der Waals surface area (Å²) in [5.41, 5.74) is 0.720. The highest BCUT2D eigenvalue weighted by atomic mass is 14.9. The Morgan fingerprint density at radius 3 is 2.54 bits per heavy atom. The maximum atomic E-state index is 3.71. The van der Waals surface area contributed by atoms with E-state index in [2.05, 4.69) is 19.2 Å². The van der Waals surface area contributed by atoms with Crippen molar-refractivity contribution in [3.63, 3.8) is 0 Å². The van der Waals surface area contributed by atoms with E-state index in [0.29, 0.717) is 0 Å². The molecule has 0 spiro atoms. The lowest BCUT2D eigenvalue weighted by atomic mass is 10.0. The first-order chi connectivity index (χ1) is 6.24. The topological polar surface area (TPSA) is 12.0 Å². The Labute approximate surface area is 82.3 Å². The number of hydrogen-bond donors (Lipinski definition) is 1. The molecule has 13 heavy (non-hydrogen) atoms. The van der Waals surface area contributed by atoms with Crippen LogP contribution in [0.3, 0.4) is 0 Å². The van der Waals surface area contributed by atoms with Gasteiger partial charge in [0.25, 0.3) is 0 Å². The third kappa shape index (κ3) is 2.70. The molecule has 0 aromatic carbocycles.